The second-order valence-corrected chi connectivity index (χ2v) is 8.42. The molecule has 29 heavy (non-hydrogen) atoms. The highest BCUT2D eigenvalue weighted by molar-refractivity contribution is 7.98. The Labute approximate surface area is 177 Å². The molecule has 0 unspecified atom stereocenters. The molecular formula is C21H20ClN5OS. The number of ether oxygens (including phenoxy) is 1. The van der Waals surface area contributed by atoms with E-state index in [9.17, 15) is 0 Å². The third kappa shape index (κ3) is 4.03. The number of imidazole rings is 1. The molecule has 148 valence electrons. The second-order valence-electron chi connectivity index (χ2n) is 7.05. The van der Waals surface area contributed by atoms with Crippen LogP contribution < -0.4 is 0 Å². The molecule has 1 atom stereocenters. The van der Waals surface area contributed by atoms with Crippen molar-refractivity contribution in [1.82, 2.24) is 24.1 Å². The molecular weight excluding hydrogens is 406 g/mol. The Hall–Kier alpha value is -2.35. The molecule has 3 aromatic heterocycles. The van der Waals surface area contributed by atoms with Gasteiger partial charge in [0.1, 0.15) is 5.65 Å². The number of thioether (sulfide) groups is 1. The zero-order chi connectivity index (χ0) is 19.6. The van der Waals surface area contributed by atoms with E-state index in [2.05, 4.69) is 25.9 Å². The molecule has 0 bridgehead atoms. The first-order valence-corrected chi connectivity index (χ1v) is 11.0. The highest BCUT2D eigenvalue weighted by atomic mass is 35.5. The van der Waals surface area contributed by atoms with Crippen molar-refractivity contribution in [3.63, 3.8) is 0 Å². The lowest BCUT2D eigenvalue weighted by atomic mass is 10.2. The van der Waals surface area contributed by atoms with Crippen LogP contribution in [-0.2, 0) is 17.0 Å². The second kappa shape index (κ2) is 8.18. The third-order valence-electron chi connectivity index (χ3n) is 4.99. The van der Waals surface area contributed by atoms with Gasteiger partial charge in [0, 0.05) is 35.3 Å². The summed E-state index contributed by atoms with van der Waals surface area (Å²) in [6, 6.07) is 13.7. The van der Waals surface area contributed by atoms with Gasteiger partial charge in [-0.2, -0.15) is 0 Å². The first-order chi connectivity index (χ1) is 14.3. The van der Waals surface area contributed by atoms with Crippen LogP contribution in [0.1, 0.15) is 18.5 Å². The van der Waals surface area contributed by atoms with E-state index in [0.717, 1.165) is 59.6 Å². The molecule has 0 aliphatic carbocycles. The van der Waals surface area contributed by atoms with Crippen molar-refractivity contribution in [2.75, 3.05) is 6.61 Å². The lowest BCUT2D eigenvalue weighted by molar-refractivity contribution is 0.0953. The van der Waals surface area contributed by atoms with E-state index < -0.39 is 0 Å². The first kappa shape index (κ1) is 18.7. The molecule has 0 saturated carbocycles. The summed E-state index contributed by atoms with van der Waals surface area (Å²) in [6.07, 6.45) is 6.44. The molecule has 0 amide bonds. The molecule has 1 aromatic carbocycles. The van der Waals surface area contributed by atoms with Crippen LogP contribution in [0.25, 0.3) is 17.0 Å². The highest BCUT2D eigenvalue weighted by Crippen LogP contribution is 2.29. The minimum Gasteiger partial charge on any atom is -0.376 e. The zero-order valence-corrected chi connectivity index (χ0v) is 17.3. The Morgan fingerprint density at radius 3 is 2.83 bits per heavy atom. The average Bonchev–Trinajstić information content (AvgIpc) is 3.47. The van der Waals surface area contributed by atoms with E-state index >= 15 is 0 Å². The fraction of sp³-hybridized carbons (Fsp3) is 0.286. The average molecular weight is 426 g/mol. The molecule has 4 heterocycles. The largest absolute Gasteiger partial charge is 0.376 e. The van der Waals surface area contributed by atoms with Crippen LogP contribution in [0.3, 0.4) is 0 Å². The SMILES string of the molecule is Clc1ccc(-c2nnc(SCc3cn4ccccc4n3)n2C[C@@H]2CCCO2)cc1. The van der Waals surface area contributed by atoms with E-state index in [4.69, 9.17) is 16.3 Å². The van der Waals surface area contributed by atoms with Crippen molar-refractivity contribution in [1.29, 1.82) is 0 Å². The number of halogens is 1. The summed E-state index contributed by atoms with van der Waals surface area (Å²) in [5.74, 6) is 1.57. The van der Waals surface area contributed by atoms with Crippen molar-refractivity contribution in [3.05, 3.63) is 65.6 Å². The number of rotatable bonds is 6. The van der Waals surface area contributed by atoms with Gasteiger partial charge in [0.15, 0.2) is 11.0 Å². The molecule has 0 radical (unpaired) electrons. The van der Waals surface area contributed by atoms with Gasteiger partial charge in [-0.3, -0.25) is 4.57 Å². The van der Waals surface area contributed by atoms with Crippen molar-refractivity contribution in [2.24, 2.45) is 0 Å². The highest BCUT2D eigenvalue weighted by Gasteiger charge is 2.22. The van der Waals surface area contributed by atoms with E-state index in [1.165, 1.54) is 0 Å². The first-order valence-electron chi connectivity index (χ1n) is 9.62. The monoisotopic (exact) mass is 425 g/mol. The lowest BCUT2D eigenvalue weighted by Crippen LogP contribution is -2.16. The number of aromatic nitrogens is 5. The number of hydrogen-bond donors (Lipinski definition) is 0. The zero-order valence-electron chi connectivity index (χ0n) is 15.7. The Morgan fingerprint density at radius 2 is 2.03 bits per heavy atom. The lowest BCUT2D eigenvalue weighted by Gasteiger charge is -2.14. The summed E-state index contributed by atoms with van der Waals surface area (Å²) in [7, 11) is 0. The van der Waals surface area contributed by atoms with Gasteiger partial charge in [0.25, 0.3) is 0 Å². The van der Waals surface area contributed by atoms with Crippen LogP contribution in [0, 0.1) is 0 Å². The van der Waals surface area contributed by atoms with Crippen LogP contribution in [0.4, 0.5) is 0 Å². The number of pyridine rings is 1. The summed E-state index contributed by atoms with van der Waals surface area (Å²) in [4.78, 5) is 4.68. The Bertz CT molecular complexity index is 1080. The maximum Gasteiger partial charge on any atom is 0.191 e. The molecule has 1 aliphatic heterocycles. The smallest absolute Gasteiger partial charge is 0.191 e. The van der Waals surface area contributed by atoms with Gasteiger partial charge in [0.2, 0.25) is 0 Å². The van der Waals surface area contributed by atoms with Crippen molar-refractivity contribution in [2.45, 2.75) is 36.4 Å². The van der Waals surface area contributed by atoms with Gasteiger partial charge in [-0.25, -0.2) is 4.98 Å². The van der Waals surface area contributed by atoms with Crippen LogP contribution in [-0.4, -0.2) is 36.9 Å². The van der Waals surface area contributed by atoms with Crippen LogP contribution in [0.15, 0.2) is 60.0 Å². The fourth-order valence-electron chi connectivity index (χ4n) is 3.56. The quantitative estimate of drug-likeness (QED) is 0.418. The van der Waals surface area contributed by atoms with Crippen LogP contribution in [0.5, 0.6) is 0 Å². The molecule has 1 aliphatic rings. The standard InChI is InChI=1S/C21H20ClN5OS/c22-16-8-6-15(7-9-16)20-24-25-21(27(20)13-18-4-3-11-28-18)29-14-17-12-26-10-2-1-5-19(26)23-17/h1-2,5-10,12,18H,3-4,11,13-14H2/t18-/m0/s1. The molecule has 5 rings (SSSR count). The minimum absolute atomic E-state index is 0.201. The summed E-state index contributed by atoms with van der Waals surface area (Å²) in [6.45, 7) is 1.57. The summed E-state index contributed by atoms with van der Waals surface area (Å²) in [5.41, 5.74) is 2.96. The van der Waals surface area contributed by atoms with E-state index in [0.29, 0.717) is 5.02 Å². The maximum absolute atomic E-state index is 6.06. The Kier molecular flexibility index (Phi) is 5.26. The minimum atomic E-state index is 0.201. The summed E-state index contributed by atoms with van der Waals surface area (Å²) < 4.78 is 10.1. The summed E-state index contributed by atoms with van der Waals surface area (Å²) in [5, 5.41) is 10.5. The number of hydrogen-bond acceptors (Lipinski definition) is 5. The van der Waals surface area contributed by atoms with Crippen molar-refractivity contribution in [3.8, 4) is 11.4 Å². The van der Waals surface area contributed by atoms with Gasteiger partial charge in [-0.1, -0.05) is 29.4 Å². The normalized spacial score (nSPS) is 16.7. The maximum atomic E-state index is 6.06. The van der Waals surface area contributed by atoms with E-state index in [1.807, 2.05) is 53.1 Å². The van der Waals surface area contributed by atoms with Crippen molar-refractivity contribution >= 4 is 29.0 Å². The Morgan fingerprint density at radius 1 is 1.14 bits per heavy atom. The van der Waals surface area contributed by atoms with Crippen LogP contribution >= 0.6 is 23.4 Å². The molecule has 1 saturated heterocycles. The number of benzene rings is 1. The van der Waals surface area contributed by atoms with E-state index in [-0.39, 0.29) is 6.10 Å². The molecule has 8 heteroatoms. The van der Waals surface area contributed by atoms with E-state index in [1.54, 1.807) is 11.8 Å². The molecule has 0 N–H and O–H groups in total. The predicted octanol–water partition coefficient (Wildman–Crippen LogP) is 4.72. The van der Waals surface area contributed by atoms with Gasteiger partial charge < -0.3 is 9.14 Å². The summed E-state index contributed by atoms with van der Waals surface area (Å²) >= 11 is 7.71. The number of fused-ring (bicyclic) bond motifs is 1. The molecule has 6 nitrogen and oxygen atoms in total. The molecule has 0 spiro atoms. The van der Waals surface area contributed by atoms with Crippen LogP contribution in [0.2, 0.25) is 5.02 Å². The van der Waals surface area contributed by atoms with Crippen molar-refractivity contribution < 1.29 is 4.74 Å². The topological polar surface area (TPSA) is 57.2 Å². The van der Waals surface area contributed by atoms with Gasteiger partial charge >= 0.3 is 0 Å². The fourth-order valence-corrected chi connectivity index (χ4v) is 4.52. The predicted molar refractivity (Wildman–Crippen MR) is 114 cm³/mol. The Balaban J connectivity index is 1.42. The molecule has 4 aromatic rings. The third-order valence-corrected chi connectivity index (χ3v) is 6.24. The van der Waals surface area contributed by atoms with Gasteiger partial charge in [0.05, 0.1) is 18.3 Å². The number of nitrogens with zero attached hydrogens (tertiary/aromatic N) is 5. The van der Waals surface area contributed by atoms with Gasteiger partial charge in [-0.05, 0) is 49.2 Å². The molecule has 1 fully saturated rings. The van der Waals surface area contributed by atoms with Gasteiger partial charge in [-0.15, -0.1) is 10.2 Å².